The molecule has 72 valence electrons. The lowest BCUT2D eigenvalue weighted by Crippen LogP contribution is -1.95. The molecule has 1 heterocycles. The van der Waals surface area contributed by atoms with Crippen LogP contribution in [0.3, 0.4) is 0 Å². The van der Waals surface area contributed by atoms with Crippen LogP contribution in [0.5, 0.6) is 0 Å². The number of fused-ring (bicyclic) bond motifs is 1. The first-order chi connectivity index (χ1) is 6.58. The third-order valence-corrected chi connectivity index (χ3v) is 4.00. The van der Waals surface area contributed by atoms with E-state index < -0.39 is 5.97 Å². The zero-order valence-corrected chi connectivity index (χ0v) is 10.7. The fourth-order valence-electron chi connectivity index (χ4n) is 1.21. The first kappa shape index (κ1) is 10.3. The lowest BCUT2D eigenvalue weighted by atomic mass is 10.2. The summed E-state index contributed by atoms with van der Waals surface area (Å²) in [6.45, 7) is 0. The van der Waals surface area contributed by atoms with Crippen LogP contribution in [-0.2, 0) is 0 Å². The fourth-order valence-corrected chi connectivity index (χ4v) is 3.46. The second-order valence-corrected chi connectivity index (χ2v) is 5.79. The third-order valence-electron chi connectivity index (χ3n) is 1.82. The number of hydrogen-bond donors (Lipinski definition) is 2. The van der Waals surface area contributed by atoms with Crippen molar-refractivity contribution in [2.24, 2.45) is 0 Å². The monoisotopic (exact) mass is 336 g/mol. The predicted octanol–water partition coefficient (Wildman–Crippen LogP) is 3.49. The maximum absolute atomic E-state index is 10.8. The van der Waals surface area contributed by atoms with Crippen LogP contribution in [0.15, 0.2) is 22.4 Å². The Labute approximate surface area is 103 Å². The van der Waals surface area contributed by atoms with E-state index in [4.69, 9.17) is 5.11 Å². The first-order valence-electron chi connectivity index (χ1n) is 3.73. The predicted molar refractivity (Wildman–Crippen MR) is 68.8 cm³/mol. The Morgan fingerprint density at radius 2 is 2.14 bits per heavy atom. The second-order valence-electron chi connectivity index (χ2n) is 2.76. The summed E-state index contributed by atoms with van der Waals surface area (Å²) in [4.78, 5) is 10.8. The number of carboxylic acids is 1. The molecule has 14 heavy (non-hydrogen) atoms. The van der Waals surface area contributed by atoms with Crippen molar-refractivity contribution in [1.82, 2.24) is 0 Å². The van der Waals surface area contributed by atoms with Crippen LogP contribution in [-0.4, -0.2) is 11.1 Å². The molecule has 2 nitrogen and oxygen atoms in total. The molecular formula is C9H5IO2S2. The molecule has 2 aromatic rings. The van der Waals surface area contributed by atoms with Gasteiger partial charge in [0.15, 0.2) is 0 Å². The van der Waals surface area contributed by atoms with Crippen LogP contribution in [0.4, 0.5) is 0 Å². The Hall–Kier alpha value is -0.270. The molecule has 0 saturated heterocycles. The lowest BCUT2D eigenvalue weighted by molar-refractivity contribution is 0.0697. The van der Waals surface area contributed by atoms with Crippen LogP contribution in [0.2, 0.25) is 0 Å². The summed E-state index contributed by atoms with van der Waals surface area (Å²) < 4.78 is 2.83. The third kappa shape index (κ3) is 1.76. The number of thiophene rings is 1. The van der Waals surface area contributed by atoms with E-state index in [-0.39, 0.29) is 0 Å². The molecule has 0 aliphatic carbocycles. The largest absolute Gasteiger partial charge is 0.478 e. The molecule has 0 radical (unpaired) electrons. The van der Waals surface area contributed by atoms with Crippen LogP contribution >= 0.6 is 46.6 Å². The van der Waals surface area contributed by atoms with E-state index in [0.717, 1.165) is 17.9 Å². The highest BCUT2D eigenvalue weighted by atomic mass is 127. The highest BCUT2D eigenvalue weighted by Crippen LogP contribution is 2.32. The standard InChI is InChI=1S/C9H5IO2S2/c10-6-1-4(9(11)12)2-7-5(6)3-8(13)14-7/h1-3,13H,(H,11,12). The van der Waals surface area contributed by atoms with Crippen molar-refractivity contribution >= 4 is 62.6 Å². The minimum atomic E-state index is -0.890. The van der Waals surface area contributed by atoms with Crippen molar-refractivity contribution in [3.63, 3.8) is 0 Å². The van der Waals surface area contributed by atoms with Crippen molar-refractivity contribution in [3.05, 3.63) is 27.3 Å². The highest BCUT2D eigenvalue weighted by molar-refractivity contribution is 14.1. The normalized spacial score (nSPS) is 10.7. The molecule has 0 saturated carbocycles. The van der Waals surface area contributed by atoms with Gasteiger partial charge in [0.05, 0.1) is 9.77 Å². The maximum atomic E-state index is 10.8. The van der Waals surface area contributed by atoms with E-state index in [1.807, 2.05) is 6.07 Å². The number of carboxylic acid groups (broad SMARTS) is 1. The Balaban J connectivity index is 2.77. The van der Waals surface area contributed by atoms with Crippen molar-refractivity contribution < 1.29 is 9.90 Å². The smallest absolute Gasteiger partial charge is 0.335 e. The number of carbonyl (C=O) groups is 1. The quantitative estimate of drug-likeness (QED) is 0.618. The number of halogens is 1. The van der Waals surface area contributed by atoms with Gasteiger partial charge >= 0.3 is 5.97 Å². The topological polar surface area (TPSA) is 37.3 Å². The maximum Gasteiger partial charge on any atom is 0.335 e. The average molecular weight is 336 g/mol. The lowest BCUT2D eigenvalue weighted by Gasteiger charge is -1.97. The van der Waals surface area contributed by atoms with Crippen LogP contribution in [0, 0.1) is 3.57 Å². The Morgan fingerprint density at radius 3 is 2.79 bits per heavy atom. The van der Waals surface area contributed by atoms with Gasteiger partial charge in [0.25, 0.3) is 0 Å². The van der Waals surface area contributed by atoms with Gasteiger partial charge in [0.2, 0.25) is 0 Å². The molecule has 0 atom stereocenters. The van der Waals surface area contributed by atoms with Crippen molar-refractivity contribution in [2.45, 2.75) is 4.21 Å². The van der Waals surface area contributed by atoms with E-state index in [1.165, 1.54) is 11.3 Å². The van der Waals surface area contributed by atoms with Gasteiger partial charge < -0.3 is 5.11 Å². The summed E-state index contributed by atoms with van der Waals surface area (Å²) in [5, 5.41) is 9.93. The van der Waals surface area contributed by atoms with Crippen LogP contribution in [0.25, 0.3) is 10.1 Å². The highest BCUT2D eigenvalue weighted by Gasteiger charge is 2.09. The molecule has 1 N–H and O–H groups in total. The summed E-state index contributed by atoms with van der Waals surface area (Å²) >= 11 is 7.88. The van der Waals surface area contributed by atoms with E-state index in [1.54, 1.807) is 12.1 Å². The number of thiol groups is 1. The Kier molecular flexibility index (Phi) is 2.72. The van der Waals surface area contributed by atoms with Crippen LogP contribution in [0.1, 0.15) is 10.4 Å². The van der Waals surface area contributed by atoms with E-state index >= 15 is 0 Å². The second kappa shape index (κ2) is 3.71. The average Bonchev–Trinajstić information content (AvgIpc) is 2.45. The van der Waals surface area contributed by atoms with Gasteiger partial charge in [-0.3, -0.25) is 0 Å². The summed E-state index contributed by atoms with van der Waals surface area (Å²) in [5.74, 6) is -0.890. The molecule has 1 aromatic carbocycles. The fraction of sp³-hybridized carbons (Fsp3) is 0. The molecule has 0 aliphatic heterocycles. The SMILES string of the molecule is O=C(O)c1cc(I)c2cc(S)sc2c1. The first-order valence-corrected chi connectivity index (χ1v) is 6.07. The number of benzene rings is 1. The van der Waals surface area contributed by atoms with Gasteiger partial charge in [0.1, 0.15) is 0 Å². The summed E-state index contributed by atoms with van der Waals surface area (Å²) in [6.07, 6.45) is 0. The summed E-state index contributed by atoms with van der Waals surface area (Å²) in [6, 6.07) is 5.31. The van der Waals surface area contributed by atoms with Gasteiger partial charge in [-0.1, -0.05) is 0 Å². The number of aromatic carboxylic acids is 1. The molecule has 2 rings (SSSR count). The van der Waals surface area contributed by atoms with Gasteiger partial charge in [0, 0.05) is 13.7 Å². The van der Waals surface area contributed by atoms with Gasteiger partial charge in [-0.15, -0.1) is 24.0 Å². The van der Waals surface area contributed by atoms with Crippen LogP contribution < -0.4 is 0 Å². The Bertz CT molecular complexity index is 519. The zero-order valence-electron chi connectivity index (χ0n) is 6.82. The van der Waals surface area contributed by atoms with E-state index in [9.17, 15) is 4.79 Å². The van der Waals surface area contributed by atoms with Gasteiger partial charge in [-0.05, 0) is 40.8 Å². The molecule has 0 amide bonds. The molecule has 0 unspecified atom stereocenters. The molecule has 0 fully saturated rings. The molecule has 0 spiro atoms. The molecule has 0 bridgehead atoms. The van der Waals surface area contributed by atoms with Crippen molar-refractivity contribution in [3.8, 4) is 0 Å². The summed E-state index contributed by atoms with van der Waals surface area (Å²) in [5.41, 5.74) is 0.331. The number of hydrogen-bond acceptors (Lipinski definition) is 3. The van der Waals surface area contributed by atoms with Crippen molar-refractivity contribution in [2.75, 3.05) is 0 Å². The van der Waals surface area contributed by atoms with Gasteiger partial charge in [-0.2, -0.15) is 0 Å². The zero-order chi connectivity index (χ0) is 10.3. The molecule has 0 aliphatic rings. The number of rotatable bonds is 1. The molecule has 5 heteroatoms. The molecule has 1 aromatic heterocycles. The minimum Gasteiger partial charge on any atom is -0.478 e. The van der Waals surface area contributed by atoms with E-state index in [2.05, 4.69) is 35.2 Å². The van der Waals surface area contributed by atoms with Gasteiger partial charge in [-0.25, -0.2) is 4.79 Å². The minimum absolute atomic E-state index is 0.331. The van der Waals surface area contributed by atoms with Crippen molar-refractivity contribution in [1.29, 1.82) is 0 Å². The Morgan fingerprint density at radius 1 is 1.43 bits per heavy atom. The summed E-state index contributed by atoms with van der Waals surface area (Å²) in [7, 11) is 0. The molecular weight excluding hydrogens is 331 g/mol. The van der Waals surface area contributed by atoms with E-state index in [0.29, 0.717) is 5.56 Å².